The Morgan fingerprint density at radius 2 is 1.45 bits per heavy atom. The number of aromatic nitrogens is 1. The molecule has 0 aliphatic heterocycles. The third kappa shape index (κ3) is 4.51. The van der Waals surface area contributed by atoms with Crippen LogP contribution in [0.4, 0.5) is 10.3 Å². The molecule has 0 radical (unpaired) electrons. The van der Waals surface area contributed by atoms with E-state index in [-0.39, 0.29) is 21.7 Å². The highest BCUT2D eigenvalue weighted by Gasteiger charge is 2.28. The summed E-state index contributed by atoms with van der Waals surface area (Å²) < 4.78 is 45.6. The number of aryl methyl sites for hydroxylation is 2. The van der Waals surface area contributed by atoms with Crippen molar-refractivity contribution in [3.05, 3.63) is 95.3 Å². The molecule has 31 heavy (non-hydrogen) atoms. The molecule has 158 valence electrons. The van der Waals surface area contributed by atoms with Crippen LogP contribution in [0, 0.1) is 19.7 Å². The minimum atomic E-state index is -4.03. The average Bonchev–Trinajstić information content (AvgIpc) is 3.19. The smallest absolute Gasteiger partial charge is 0.234 e. The van der Waals surface area contributed by atoms with Crippen molar-refractivity contribution >= 4 is 15.7 Å². The number of oxazole rings is 1. The van der Waals surface area contributed by atoms with Gasteiger partial charge in [0.25, 0.3) is 0 Å². The molecule has 5 nitrogen and oxygen atoms in total. The highest BCUT2D eigenvalue weighted by Crippen LogP contribution is 2.32. The molecule has 1 aromatic heterocycles. The number of nitrogens with one attached hydrogen (secondary N) is 1. The summed E-state index contributed by atoms with van der Waals surface area (Å²) >= 11 is 0. The van der Waals surface area contributed by atoms with Crippen molar-refractivity contribution in [2.45, 2.75) is 30.3 Å². The van der Waals surface area contributed by atoms with Gasteiger partial charge in [-0.3, -0.25) is 0 Å². The first-order valence-corrected chi connectivity index (χ1v) is 11.2. The molecule has 1 heterocycles. The molecule has 0 fully saturated rings. The Morgan fingerprint density at radius 1 is 0.871 bits per heavy atom. The fraction of sp³-hybridized carbons (Fsp3) is 0.125. The maximum Gasteiger partial charge on any atom is 0.234 e. The van der Waals surface area contributed by atoms with Crippen LogP contribution in [0.5, 0.6) is 0 Å². The summed E-state index contributed by atoms with van der Waals surface area (Å²) in [6, 6.07) is 19.9. The minimum Gasteiger partial charge on any atom is -0.419 e. The summed E-state index contributed by atoms with van der Waals surface area (Å²) in [5.74, 6) is -0.287. The first kappa shape index (κ1) is 20.8. The topological polar surface area (TPSA) is 72.2 Å². The lowest BCUT2D eigenvalue weighted by Gasteiger charge is -2.07. The van der Waals surface area contributed by atoms with E-state index in [1.165, 1.54) is 12.1 Å². The number of rotatable bonds is 6. The van der Waals surface area contributed by atoms with Gasteiger partial charge in [-0.1, -0.05) is 47.5 Å². The first-order valence-electron chi connectivity index (χ1n) is 9.71. The Hall–Kier alpha value is -3.45. The van der Waals surface area contributed by atoms with Crippen molar-refractivity contribution < 1.29 is 17.2 Å². The van der Waals surface area contributed by atoms with E-state index in [9.17, 15) is 12.8 Å². The van der Waals surface area contributed by atoms with Crippen LogP contribution in [-0.2, 0) is 16.4 Å². The van der Waals surface area contributed by atoms with Crippen molar-refractivity contribution in [1.82, 2.24) is 4.98 Å². The molecule has 3 aromatic carbocycles. The zero-order valence-electron chi connectivity index (χ0n) is 17.1. The van der Waals surface area contributed by atoms with Gasteiger partial charge in [-0.2, -0.15) is 4.98 Å². The second-order valence-corrected chi connectivity index (χ2v) is 9.18. The number of halogens is 1. The van der Waals surface area contributed by atoms with E-state index in [1.54, 1.807) is 0 Å². The molecule has 0 amide bonds. The van der Waals surface area contributed by atoms with Gasteiger partial charge in [-0.15, -0.1) is 0 Å². The Bertz CT molecular complexity index is 1290. The zero-order chi connectivity index (χ0) is 22.0. The third-order valence-corrected chi connectivity index (χ3v) is 6.53. The standard InChI is InChI=1S/C24H21FN2O3S/c1-16-3-7-18(8-4-16)15-26-23-24(31(28,29)21-13-11-20(25)12-14-21)27-22(30-23)19-9-5-17(2)6-10-19/h3-14,26H,15H2,1-2H3. The Kier molecular flexibility index (Phi) is 5.61. The van der Waals surface area contributed by atoms with E-state index in [0.717, 1.165) is 28.8 Å². The quantitative estimate of drug-likeness (QED) is 0.402. The Balaban J connectivity index is 1.74. The Morgan fingerprint density at radius 3 is 2.06 bits per heavy atom. The molecule has 1 N–H and O–H groups in total. The number of hydrogen-bond donors (Lipinski definition) is 1. The summed E-state index contributed by atoms with van der Waals surface area (Å²) in [5, 5.41) is 2.82. The van der Waals surface area contributed by atoms with Crippen LogP contribution in [0.25, 0.3) is 11.5 Å². The number of nitrogens with zero attached hydrogens (tertiary/aromatic N) is 1. The fourth-order valence-electron chi connectivity index (χ4n) is 3.03. The van der Waals surface area contributed by atoms with Crippen LogP contribution in [-0.4, -0.2) is 13.4 Å². The van der Waals surface area contributed by atoms with E-state index in [4.69, 9.17) is 4.42 Å². The number of benzene rings is 3. The van der Waals surface area contributed by atoms with E-state index in [1.807, 2.05) is 62.4 Å². The molecular formula is C24H21FN2O3S. The third-order valence-electron chi connectivity index (χ3n) is 4.85. The van der Waals surface area contributed by atoms with Gasteiger partial charge in [-0.05, 0) is 55.8 Å². The van der Waals surface area contributed by atoms with Crippen LogP contribution in [0.1, 0.15) is 16.7 Å². The molecule has 0 spiro atoms. The molecule has 0 atom stereocenters. The van der Waals surface area contributed by atoms with Gasteiger partial charge in [0.2, 0.25) is 26.6 Å². The largest absolute Gasteiger partial charge is 0.419 e. The SMILES string of the molecule is Cc1ccc(CNc2oc(-c3ccc(C)cc3)nc2S(=O)(=O)c2ccc(F)cc2)cc1. The van der Waals surface area contributed by atoms with E-state index in [0.29, 0.717) is 12.1 Å². The van der Waals surface area contributed by atoms with Crippen molar-refractivity contribution in [3.8, 4) is 11.5 Å². The van der Waals surface area contributed by atoms with Gasteiger partial charge in [0.15, 0.2) is 0 Å². The lowest BCUT2D eigenvalue weighted by Crippen LogP contribution is -2.07. The van der Waals surface area contributed by atoms with Gasteiger partial charge in [0.1, 0.15) is 5.82 Å². The van der Waals surface area contributed by atoms with Gasteiger partial charge in [0.05, 0.1) is 4.90 Å². The summed E-state index contributed by atoms with van der Waals surface area (Å²) in [4.78, 5) is 4.24. The van der Waals surface area contributed by atoms with Crippen molar-refractivity contribution in [2.75, 3.05) is 5.32 Å². The fourth-order valence-corrected chi connectivity index (χ4v) is 4.31. The zero-order valence-corrected chi connectivity index (χ0v) is 17.9. The molecule has 0 saturated carbocycles. The molecule has 0 bridgehead atoms. The molecule has 0 unspecified atom stereocenters. The molecule has 0 aliphatic carbocycles. The number of anilines is 1. The van der Waals surface area contributed by atoms with Gasteiger partial charge >= 0.3 is 0 Å². The number of hydrogen-bond acceptors (Lipinski definition) is 5. The normalized spacial score (nSPS) is 11.5. The predicted molar refractivity (Wildman–Crippen MR) is 117 cm³/mol. The number of sulfone groups is 1. The summed E-state index contributed by atoms with van der Waals surface area (Å²) in [6.45, 7) is 4.31. The van der Waals surface area contributed by atoms with Crippen LogP contribution < -0.4 is 5.32 Å². The van der Waals surface area contributed by atoms with Crippen LogP contribution in [0.2, 0.25) is 0 Å². The van der Waals surface area contributed by atoms with Crippen LogP contribution in [0.3, 0.4) is 0 Å². The molecule has 0 saturated heterocycles. The molecule has 4 rings (SSSR count). The van der Waals surface area contributed by atoms with Crippen molar-refractivity contribution in [3.63, 3.8) is 0 Å². The van der Waals surface area contributed by atoms with Gasteiger partial charge in [-0.25, -0.2) is 12.8 Å². The minimum absolute atomic E-state index is 0.0421. The first-order chi connectivity index (χ1) is 14.8. The van der Waals surface area contributed by atoms with Gasteiger partial charge in [0, 0.05) is 12.1 Å². The van der Waals surface area contributed by atoms with E-state index in [2.05, 4.69) is 10.3 Å². The lowest BCUT2D eigenvalue weighted by atomic mass is 10.1. The summed E-state index contributed by atoms with van der Waals surface area (Å²) in [7, 11) is -4.03. The van der Waals surface area contributed by atoms with Crippen molar-refractivity contribution in [1.29, 1.82) is 0 Å². The van der Waals surface area contributed by atoms with E-state index >= 15 is 0 Å². The molecule has 7 heteroatoms. The van der Waals surface area contributed by atoms with Gasteiger partial charge < -0.3 is 9.73 Å². The molecular weight excluding hydrogens is 415 g/mol. The Labute approximate surface area is 180 Å². The highest BCUT2D eigenvalue weighted by atomic mass is 32.2. The molecule has 4 aromatic rings. The molecule has 0 aliphatic rings. The average molecular weight is 437 g/mol. The predicted octanol–water partition coefficient (Wildman–Crippen LogP) is 5.54. The summed E-state index contributed by atoms with van der Waals surface area (Å²) in [5.41, 5.74) is 3.81. The lowest BCUT2D eigenvalue weighted by molar-refractivity contribution is 0.576. The summed E-state index contributed by atoms with van der Waals surface area (Å²) in [6.07, 6.45) is 0. The highest BCUT2D eigenvalue weighted by molar-refractivity contribution is 7.91. The van der Waals surface area contributed by atoms with E-state index < -0.39 is 15.7 Å². The van der Waals surface area contributed by atoms with Crippen molar-refractivity contribution in [2.24, 2.45) is 0 Å². The van der Waals surface area contributed by atoms with Crippen LogP contribution in [0.15, 0.2) is 87.1 Å². The maximum absolute atomic E-state index is 13.3. The second kappa shape index (κ2) is 8.35. The van der Waals surface area contributed by atoms with Crippen LogP contribution >= 0.6 is 0 Å². The maximum atomic E-state index is 13.3. The monoisotopic (exact) mass is 436 g/mol. The second-order valence-electron chi connectivity index (χ2n) is 7.32.